The fraction of sp³-hybridized carbons (Fsp3) is 0.636. The number of ether oxygens (including phenoxy) is 1. The van der Waals surface area contributed by atoms with E-state index in [2.05, 4.69) is 21.2 Å². The fourth-order valence-electron chi connectivity index (χ4n) is 1.88. The van der Waals surface area contributed by atoms with Gasteiger partial charge < -0.3 is 9.64 Å². The minimum atomic E-state index is -0.484. The minimum Gasteiger partial charge on any atom is -0.444 e. The maximum atomic E-state index is 12.0. The van der Waals surface area contributed by atoms with Gasteiger partial charge in [-0.2, -0.15) is 5.10 Å². The molecule has 1 aromatic heterocycles. The molecule has 7 heteroatoms. The Morgan fingerprint density at radius 1 is 1.50 bits per heavy atom. The molecular weight excluding hydrogens is 297 g/mol. The third-order valence-corrected chi connectivity index (χ3v) is 3.28. The summed E-state index contributed by atoms with van der Waals surface area (Å²) < 4.78 is 6.95. The first-order valence-electron chi connectivity index (χ1n) is 5.78. The molecule has 0 spiro atoms. The van der Waals surface area contributed by atoms with Crippen molar-refractivity contribution in [2.45, 2.75) is 39.3 Å². The molecule has 0 atom stereocenters. The van der Waals surface area contributed by atoms with Crippen LogP contribution in [0.15, 0.2) is 0 Å². The second-order valence-electron chi connectivity index (χ2n) is 5.32. The van der Waals surface area contributed by atoms with Gasteiger partial charge >= 0.3 is 6.09 Å². The summed E-state index contributed by atoms with van der Waals surface area (Å²) in [7, 11) is 5.81. The highest BCUT2D eigenvalue weighted by molar-refractivity contribution is 9.08. The number of carbonyl (C=O) groups excluding carboxylic acids is 1. The molecule has 1 aliphatic rings. The summed E-state index contributed by atoms with van der Waals surface area (Å²) >= 11 is 3.30. The average molecular weight is 312 g/mol. The van der Waals surface area contributed by atoms with Crippen molar-refractivity contribution >= 4 is 35.7 Å². The smallest absolute Gasteiger partial charge is 0.410 e. The number of halogens is 1. The Balaban J connectivity index is 2.12. The number of hydrogen-bond acceptors (Lipinski definition) is 3. The molecular formula is C11H15BBrN3O2. The average Bonchev–Trinajstić information content (AvgIpc) is 2.52. The molecule has 1 amide bonds. The zero-order valence-corrected chi connectivity index (χ0v) is 12.3. The van der Waals surface area contributed by atoms with Crippen LogP contribution >= 0.6 is 16.1 Å². The first kappa shape index (κ1) is 13.5. The molecule has 0 unspecified atom stereocenters. The molecule has 2 radical (unpaired) electrons. The largest absolute Gasteiger partial charge is 0.444 e. The first-order chi connectivity index (χ1) is 8.28. The molecule has 18 heavy (non-hydrogen) atoms. The first-order valence-corrected chi connectivity index (χ1v) is 6.49. The van der Waals surface area contributed by atoms with Crippen LogP contribution in [0.5, 0.6) is 0 Å². The molecule has 1 aromatic rings. The van der Waals surface area contributed by atoms with E-state index >= 15 is 0 Å². The maximum absolute atomic E-state index is 12.0. The Hall–Kier alpha value is -0.975. The van der Waals surface area contributed by atoms with Crippen LogP contribution in [0.4, 0.5) is 4.79 Å². The Bertz CT molecular complexity index is 481. The number of aromatic nitrogens is 2. The van der Waals surface area contributed by atoms with Gasteiger partial charge in [0.2, 0.25) is 0 Å². The lowest BCUT2D eigenvalue weighted by atomic mass is 9.95. The summed E-state index contributed by atoms with van der Waals surface area (Å²) in [5.41, 5.74) is 1.88. The third-order valence-electron chi connectivity index (χ3n) is 2.69. The van der Waals surface area contributed by atoms with Gasteiger partial charge in [0.1, 0.15) is 13.4 Å². The van der Waals surface area contributed by atoms with Crippen LogP contribution in [-0.4, -0.2) is 39.8 Å². The van der Waals surface area contributed by atoms with Crippen molar-refractivity contribution in [1.82, 2.24) is 13.7 Å². The second-order valence-corrected chi connectivity index (χ2v) is 5.99. The summed E-state index contributed by atoms with van der Waals surface area (Å²) in [6.07, 6.45) is 0.402. The third kappa shape index (κ3) is 2.71. The Labute approximate surface area is 116 Å². The van der Waals surface area contributed by atoms with Crippen LogP contribution in [0, 0.1) is 0 Å². The summed E-state index contributed by atoms with van der Waals surface area (Å²) in [5.74, 6) is 0. The van der Waals surface area contributed by atoms with Crippen LogP contribution in [0.25, 0.3) is 0 Å². The number of hydrogen-bond donors (Lipinski definition) is 0. The van der Waals surface area contributed by atoms with Crippen molar-refractivity contribution in [3.05, 3.63) is 11.3 Å². The van der Waals surface area contributed by atoms with Crippen LogP contribution in [-0.2, 0) is 17.7 Å². The number of rotatable bonds is 0. The van der Waals surface area contributed by atoms with Gasteiger partial charge in [-0.15, -0.1) is 0 Å². The molecule has 0 aliphatic carbocycles. The molecule has 96 valence electrons. The summed E-state index contributed by atoms with van der Waals surface area (Å²) in [4.78, 5) is 13.6. The van der Waals surface area contributed by atoms with E-state index in [9.17, 15) is 4.79 Å². The molecule has 0 aromatic carbocycles. The van der Waals surface area contributed by atoms with Crippen molar-refractivity contribution < 1.29 is 9.53 Å². The molecule has 0 saturated heterocycles. The zero-order valence-electron chi connectivity index (χ0n) is 10.7. The van der Waals surface area contributed by atoms with Crippen LogP contribution in [0.2, 0.25) is 0 Å². The van der Waals surface area contributed by atoms with E-state index in [4.69, 9.17) is 12.6 Å². The van der Waals surface area contributed by atoms with Crippen LogP contribution in [0.1, 0.15) is 32.0 Å². The number of amides is 1. The van der Waals surface area contributed by atoms with E-state index in [0.29, 0.717) is 25.1 Å². The van der Waals surface area contributed by atoms with Crippen LogP contribution in [0.3, 0.4) is 0 Å². The van der Waals surface area contributed by atoms with Crippen molar-refractivity contribution in [1.29, 1.82) is 0 Å². The van der Waals surface area contributed by atoms with Crippen molar-refractivity contribution in [3.63, 3.8) is 0 Å². The van der Waals surface area contributed by atoms with Gasteiger partial charge in [-0.3, -0.25) is 0 Å². The molecule has 2 heterocycles. The van der Waals surface area contributed by atoms with E-state index < -0.39 is 5.60 Å². The predicted octanol–water partition coefficient (Wildman–Crippen LogP) is 1.13. The van der Waals surface area contributed by atoms with Gasteiger partial charge in [0, 0.05) is 24.1 Å². The second kappa shape index (κ2) is 4.61. The monoisotopic (exact) mass is 311 g/mol. The minimum absolute atomic E-state index is 0.310. The van der Waals surface area contributed by atoms with Crippen LogP contribution < -0.4 is 5.59 Å². The van der Waals surface area contributed by atoms with E-state index in [1.54, 1.807) is 8.61 Å². The topological polar surface area (TPSA) is 47.4 Å². The molecule has 0 saturated carbocycles. The molecule has 2 rings (SSSR count). The lowest BCUT2D eigenvalue weighted by Gasteiger charge is -2.30. The molecule has 0 fully saturated rings. The Kier molecular flexibility index (Phi) is 3.44. The highest BCUT2D eigenvalue weighted by Gasteiger charge is 2.28. The van der Waals surface area contributed by atoms with E-state index in [0.717, 1.165) is 11.3 Å². The van der Waals surface area contributed by atoms with Gasteiger partial charge in [-0.1, -0.05) is 0 Å². The lowest BCUT2D eigenvalue weighted by molar-refractivity contribution is 0.0224. The quantitative estimate of drug-likeness (QED) is 0.675. The SMILES string of the molecule is [B]c1nn(Br)c2c1CN(C(=O)OC(C)(C)C)CC2. The number of carbonyl (C=O) groups is 1. The van der Waals surface area contributed by atoms with E-state index in [-0.39, 0.29) is 6.09 Å². The summed E-state index contributed by atoms with van der Waals surface area (Å²) in [6.45, 7) is 6.61. The molecule has 5 nitrogen and oxygen atoms in total. The number of nitrogens with zero attached hydrogens (tertiary/aromatic N) is 3. The van der Waals surface area contributed by atoms with E-state index in [1.165, 1.54) is 0 Å². The van der Waals surface area contributed by atoms with Crippen molar-refractivity contribution in [2.75, 3.05) is 6.54 Å². The van der Waals surface area contributed by atoms with Crippen molar-refractivity contribution in [3.8, 4) is 0 Å². The molecule has 0 N–H and O–H groups in total. The number of fused-ring (bicyclic) bond motifs is 1. The predicted molar refractivity (Wildman–Crippen MR) is 72.3 cm³/mol. The molecule has 0 bridgehead atoms. The summed E-state index contributed by atoms with van der Waals surface area (Å²) in [5, 5.41) is 4.09. The van der Waals surface area contributed by atoms with Gasteiger partial charge in [-0.05, 0) is 20.8 Å². The fourth-order valence-corrected chi connectivity index (χ4v) is 2.45. The van der Waals surface area contributed by atoms with Crippen molar-refractivity contribution in [2.24, 2.45) is 0 Å². The Morgan fingerprint density at radius 3 is 2.78 bits per heavy atom. The van der Waals surface area contributed by atoms with Gasteiger partial charge in [0.05, 0.1) is 28.4 Å². The van der Waals surface area contributed by atoms with Gasteiger partial charge in [0.25, 0.3) is 0 Å². The normalized spacial score (nSPS) is 15.4. The maximum Gasteiger partial charge on any atom is 0.410 e. The Morgan fingerprint density at radius 2 is 2.17 bits per heavy atom. The molecule has 1 aliphatic heterocycles. The highest BCUT2D eigenvalue weighted by atomic mass is 79.9. The summed E-state index contributed by atoms with van der Waals surface area (Å²) in [6, 6.07) is 0. The van der Waals surface area contributed by atoms with Gasteiger partial charge in [0.15, 0.2) is 0 Å². The van der Waals surface area contributed by atoms with Gasteiger partial charge in [-0.25, -0.2) is 8.50 Å². The lowest BCUT2D eigenvalue weighted by Crippen LogP contribution is -2.41. The standard InChI is InChI=1S/C11H15BBrN3O2/c1-11(2,3)18-10(17)15-5-4-8-7(6-15)9(12)14-16(8)13/h4-6H2,1-3H3. The zero-order chi connectivity index (χ0) is 13.5. The van der Waals surface area contributed by atoms with E-state index in [1.807, 2.05) is 20.8 Å². The highest BCUT2D eigenvalue weighted by Crippen LogP contribution is 2.20.